The number of hydrogen-bond acceptors (Lipinski definition) is 2. The Morgan fingerprint density at radius 2 is 2.00 bits per heavy atom. The van der Waals surface area contributed by atoms with Crippen LogP contribution in [0.15, 0.2) is 18.2 Å². The van der Waals surface area contributed by atoms with Crippen LogP contribution in [0.2, 0.25) is 10.0 Å². The van der Waals surface area contributed by atoms with E-state index in [2.05, 4.69) is 10.3 Å². The van der Waals surface area contributed by atoms with Crippen molar-refractivity contribution in [3.8, 4) is 11.3 Å². The molecule has 0 saturated carbocycles. The molecular weight excluding hydrogens is 326 g/mol. The van der Waals surface area contributed by atoms with Crippen LogP contribution < -0.4 is 5.32 Å². The first-order valence-corrected chi connectivity index (χ1v) is 6.96. The molecule has 8 heteroatoms. The van der Waals surface area contributed by atoms with Crippen LogP contribution >= 0.6 is 23.2 Å². The molecule has 2 aromatic rings. The summed E-state index contributed by atoms with van der Waals surface area (Å²) in [6.45, 7) is 1.01. The topological polar surface area (TPSA) is 29.9 Å². The molecule has 0 aliphatic carbocycles. The van der Waals surface area contributed by atoms with E-state index in [0.717, 1.165) is 0 Å². The fraction of sp³-hybridized carbons (Fsp3) is 0.308. The van der Waals surface area contributed by atoms with Crippen LogP contribution in [-0.2, 0) is 19.3 Å². The number of alkyl halides is 3. The van der Waals surface area contributed by atoms with Gasteiger partial charge in [-0.1, -0.05) is 23.2 Å². The van der Waals surface area contributed by atoms with Gasteiger partial charge in [0.2, 0.25) is 5.82 Å². The number of fused-ring (bicyclic) bond motifs is 1. The van der Waals surface area contributed by atoms with Crippen LogP contribution in [0.3, 0.4) is 0 Å². The number of benzene rings is 1. The molecule has 3 nitrogen and oxygen atoms in total. The van der Waals surface area contributed by atoms with Crippen molar-refractivity contribution in [1.82, 2.24) is 14.9 Å². The number of halogens is 5. The maximum Gasteiger partial charge on any atom is 0.449 e. The zero-order valence-electron chi connectivity index (χ0n) is 10.6. The van der Waals surface area contributed by atoms with Gasteiger partial charge in [0.05, 0.1) is 16.4 Å². The van der Waals surface area contributed by atoms with Gasteiger partial charge in [0.25, 0.3) is 0 Å². The smallest absolute Gasteiger partial charge is 0.321 e. The van der Waals surface area contributed by atoms with E-state index in [9.17, 15) is 13.2 Å². The lowest BCUT2D eigenvalue weighted by molar-refractivity contribution is -0.147. The summed E-state index contributed by atoms with van der Waals surface area (Å²) in [5.41, 5.74) is 1.18. The molecule has 1 N–H and O–H groups in total. The van der Waals surface area contributed by atoms with E-state index in [1.54, 1.807) is 12.1 Å². The zero-order valence-corrected chi connectivity index (χ0v) is 12.1. The SMILES string of the molecule is FC(F)(F)c1nc(-c2ccc(Cl)cc2Cl)c2n1CCNC2. The van der Waals surface area contributed by atoms with Crippen molar-refractivity contribution < 1.29 is 13.2 Å². The minimum absolute atomic E-state index is 0.225. The molecule has 112 valence electrons. The van der Waals surface area contributed by atoms with Crippen molar-refractivity contribution in [2.75, 3.05) is 6.54 Å². The summed E-state index contributed by atoms with van der Waals surface area (Å²) < 4.78 is 40.5. The van der Waals surface area contributed by atoms with Gasteiger partial charge < -0.3 is 9.88 Å². The normalized spacial score (nSPS) is 15.1. The lowest BCUT2D eigenvalue weighted by atomic mass is 10.1. The second-order valence-electron chi connectivity index (χ2n) is 4.68. The molecule has 0 spiro atoms. The molecule has 1 aliphatic rings. The van der Waals surface area contributed by atoms with Gasteiger partial charge in [0.1, 0.15) is 0 Å². The predicted octanol–water partition coefficient (Wildman–Crippen LogP) is 3.98. The average Bonchev–Trinajstić information content (AvgIpc) is 2.78. The van der Waals surface area contributed by atoms with Crippen molar-refractivity contribution in [2.45, 2.75) is 19.3 Å². The molecule has 0 atom stereocenters. The number of nitrogens with zero attached hydrogens (tertiary/aromatic N) is 2. The Bertz CT molecular complexity index is 695. The Balaban J connectivity index is 2.21. The molecule has 1 aliphatic heterocycles. The van der Waals surface area contributed by atoms with Gasteiger partial charge in [0, 0.05) is 30.2 Å². The average molecular weight is 336 g/mol. The van der Waals surface area contributed by atoms with Crippen LogP contribution in [0.4, 0.5) is 13.2 Å². The summed E-state index contributed by atoms with van der Waals surface area (Å²) in [4.78, 5) is 3.79. The third-order valence-electron chi connectivity index (χ3n) is 3.32. The molecule has 3 rings (SSSR count). The van der Waals surface area contributed by atoms with Crippen LogP contribution in [0.1, 0.15) is 11.5 Å². The fourth-order valence-corrected chi connectivity index (χ4v) is 2.92. The molecule has 1 aromatic carbocycles. The molecule has 0 unspecified atom stereocenters. The Hall–Kier alpha value is -1.24. The summed E-state index contributed by atoms with van der Waals surface area (Å²) in [5.74, 6) is -0.889. The van der Waals surface area contributed by atoms with E-state index in [4.69, 9.17) is 23.2 Å². The third kappa shape index (κ3) is 2.63. The standard InChI is InChI=1S/C13H10Cl2F3N3/c14-7-1-2-8(9(15)5-7)11-10-6-19-3-4-21(10)12(20-11)13(16,17)18/h1-2,5,19H,3-4,6H2. The van der Waals surface area contributed by atoms with Gasteiger partial charge in [0.15, 0.2) is 0 Å². The van der Waals surface area contributed by atoms with Crippen molar-refractivity contribution in [2.24, 2.45) is 0 Å². The molecule has 0 radical (unpaired) electrons. The van der Waals surface area contributed by atoms with E-state index in [1.807, 2.05) is 0 Å². The molecule has 0 fully saturated rings. The van der Waals surface area contributed by atoms with Crippen molar-refractivity contribution in [1.29, 1.82) is 0 Å². The second kappa shape index (κ2) is 5.19. The quantitative estimate of drug-likeness (QED) is 0.854. The van der Waals surface area contributed by atoms with Gasteiger partial charge >= 0.3 is 6.18 Å². The highest BCUT2D eigenvalue weighted by Crippen LogP contribution is 2.37. The molecular formula is C13H10Cl2F3N3. The molecule has 0 saturated heterocycles. The zero-order chi connectivity index (χ0) is 15.2. The third-order valence-corrected chi connectivity index (χ3v) is 3.86. The first-order chi connectivity index (χ1) is 9.88. The Kier molecular flexibility index (Phi) is 3.63. The van der Waals surface area contributed by atoms with Crippen molar-refractivity contribution in [3.05, 3.63) is 39.8 Å². The van der Waals surface area contributed by atoms with E-state index in [-0.39, 0.29) is 17.3 Å². The fourth-order valence-electron chi connectivity index (χ4n) is 2.42. The number of hydrogen-bond donors (Lipinski definition) is 1. The highest BCUT2D eigenvalue weighted by Gasteiger charge is 2.39. The largest absolute Gasteiger partial charge is 0.449 e. The van der Waals surface area contributed by atoms with Gasteiger partial charge in [-0.05, 0) is 18.2 Å². The van der Waals surface area contributed by atoms with Crippen molar-refractivity contribution >= 4 is 23.2 Å². The van der Waals surface area contributed by atoms with E-state index in [1.165, 1.54) is 10.6 Å². The van der Waals surface area contributed by atoms with Gasteiger partial charge in [-0.15, -0.1) is 0 Å². The summed E-state index contributed by atoms with van der Waals surface area (Å²) in [6.07, 6.45) is -4.50. The summed E-state index contributed by atoms with van der Waals surface area (Å²) in [5, 5.41) is 3.75. The highest BCUT2D eigenvalue weighted by molar-refractivity contribution is 6.36. The first kappa shape index (κ1) is 14.7. The number of rotatable bonds is 1. The molecule has 0 bridgehead atoms. The number of nitrogens with one attached hydrogen (secondary N) is 1. The van der Waals surface area contributed by atoms with Gasteiger partial charge in [-0.25, -0.2) is 4.98 Å². The molecule has 0 amide bonds. The van der Waals surface area contributed by atoms with Crippen LogP contribution in [-0.4, -0.2) is 16.1 Å². The summed E-state index contributed by atoms with van der Waals surface area (Å²) in [6, 6.07) is 4.66. The lowest BCUT2D eigenvalue weighted by Crippen LogP contribution is -2.30. The van der Waals surface area contributed by atoms with Crippen LogP contribution in [0.5, 0.6) is 0 Å². The Morgan fingerprint density at radius 3 is 2.67 bits per heavy atom. The minimum Gasteiger partial charge on any atom is -0.321 e. The van der Waals surface area contributed by atoms with Gasteiger partial charge in [-0.3, -0.25) is 0 Å². The number of imidazole rings is 1. The predicted molar refractivity (Wildman–Crippen MR) is 74.4 cm³/mol. The monoisotopic (exact) mass is 335 g/mol. The lowest BCUT2D eigenvalue weighted by Gasteiger charge is -2.19. The minimum atomic E-state index is -4.50. The second-order valence-corrected chi connectivity index (χ2v) is 5.52. The molecule has 1 aromatic heterocycles. The summed E-state index contributed by atoms with van der Waals surface area (Å²) >= 11 is 11.9. The van der Waals surface area contributed by atoms with Crippen molar-refractivity contribution in [3.63, 3.8) is 0 Å². The van der Waals surface area contributed by atoms with E-state index >= 15 is 0 Å². The van der Waals surface area contributed by atoms with E-state index < -0.39 is 12.0 Å². The first-order valence-electron chi connectivity index (χ1n) is 6.20. The van der Waals surface area contributed by atoms with Gasteiger partial charge in [-0.2, -0.15) is 13.2 Å². The van der Waals surface area contributed by atoms with Crippen LogP contribution in [0, 0.1) is 0 Å². The Labute approximate surface area is 128 Å². The molecule has 21 heavy (non-hydrogen) atoms. The van der Waals surface area contributed by atoms with Crippen LogP contribution in [0.25, 0.3) is 11.3 Å². The van der Waals surface area contributed by atoms with E-state index in [0.29, 0.717) is 29.4 Å². The Morgan fingerprint density at radius 1 is 1.24 bits per heavy atom. The maximum absolute atomic E-state index is 13.1. The maximum atomic E-state index is 13.1. The summed E-state index contributed by atoms with van der Waals surface area (Å²) in [7, 11) is 0. The highest BCUT2D eigenvalue weighted by atomic mass is 35.5. The molecule has 2 heterocycles. The number of aromatic nitrogens is 2.